The summed E-state index contributed by atoms with van der Waals surface area (Å²) < 4.78 is 14.0. The molecule has 1 aliphatic carbocycles. The molecule has 1 saturated carbocycles. The van der Waals surface area contributed by atoms with Gasteiger partial charge >= 0.3 is 0 Å². The zero-order valence-corrected chi connectivity index (χ0v) is 10.5. The zero-order chi connectivity index (χ0) is 12.6. The molecule has 0 amide bonds. The van der Waals surface area contributed by atoms with Crippen molar-refractivity contribution < 1.29 is 9.18 Å². The van der Waals surface area contributed by atoms with Gasteiger partial charge in [-0.05, 0) is 30.4 Å². The fourth-order valence-corrected chi connectivity index (χ4v) is 2.16. The molecule has 0 aromatic heterocycles. The van der Waals surface area contributed by atoms with Crippen molar-refractivity contribution >= 4 is 17.7 Å². The van der Waals surface area contributed by atoms with E-state index in [1.54, 1.807) is 12.1 Å². The zero-order valence-electron chi connectivity index (χ0n) is 9.76. The molecule has 0 spiro atoms. The second-order valence-electron chi connectivity index (χ2n) is 4.75. The minimum atomic E-state index is -0.708. The number of halogens is 2. The van der Waals surface area contributed by atoms with Crippen LogP contribution in [0.25, 0.3) is 0 Å². The average Bonchev–Trinajstić information content (AvgIpc) is 3.03. The van der Waals surface area contributed by atoms with E-state index in [9.17, 15) is 9.18 Å². The number of carbonyl (C=O) groups excluding carboxylic acids is 1. The van der Waals surface area contributed by atoms with Crippen molar-refractivity contribution in [3.05, 3.63) is 34.1 Å². The van der Waals surface area contributed by atoms with Crippen molar-refractivity contribution in [2.45, 2.75) is 38.1 Å². The molecule has 0 radical (unpaired) electrons. The molecule has 4 heteroatoms. The van der Waals surface area contributed by atoms with Crippen molar-refractivity contribution in [3.63, 3.8) is 0 Å². The number of hydrogen-bond acceptors (Lipinski definition) is 2. The fraction of sp³-hybridized carbons (Fsp3) is 0.462. The lowest BCUT2D eigenvalue weighted by Crippen LogP contribution is -2.07. The van der Waals surface area contributed by atoms with E-state index in [0.29, 0.717) is 18.4 Å². The number of aliphatic imine (C=N–C) groups is 1. The summed E-state index contributed by atoms with van der Waals surface area (Å²) in [6, 6.07) is 3.39. The van der Waals surface area contributed by atoms with Crippen LogP contribution in [0.3, 0.4) is 0 Å². The molecule has 0 N–H and O–H groups in total. The Morgan fingerprint density at radius 1 is 1.47 bits per heavy atom. The topological polar surface area (TPSA) is 29.4 Å². The molecule has 0 unspecified atom stereocenters. The van der Waals surface area contributed by atoms with Gasteiger partial charge in [-0.3, -0.25) is 0 Å². The van der Waals surface area contributed by atoms with Gasteiger partial charge in [-0.2, -0.15) is 4.99 Å². The van der Waals surface area contributed by atoms with Gasteiger partial charge in [0.25, 0.3) is 0 Å². The molecule has 90 valence electrons. The Bertz CT molecular complexity index is 502. The molecule has 2 nitrogen and oxygen atoms in total. The van der Waals surface area contributed by atoms with Gasteiger partial charge in [-0.1, -0.05) is 31.5 Å². The van der Waals surface area contributed by atoms with Crippen LogP contribution < -0.4 is 0 Å². The average molecular weight is 254 g/mol. The lowest BCUT2D eigenvalue weighted by Gasteiger charge is -2.14. The van der Waals surface area contributed by atoms with Crippen molar-refractivity contribution in [1.82, 2.24) is 0 Å². The Kier molecular flexibility index (Phi) is 3.07. The molecule has 2 rings (SSSR count). The van der Waals surface area contributed by atoms with Crippen molar-refractivity contribution in [3.8, 4) is 0 Å². The maximum Gasteiger partial charge on any atom is 0.235 e. The highest BCUT2D eigenvalue weighted by atomic mass is 35.5. The van der Waals surface area contributed by atoms with Crippen LogP contribution in [-0.4, -0.2) is 6.08 Å². The van der Waals surface area contributed by atoms with Gasteiger partial charge in [0.05, 0.1) is 5.02 Å². The Morgan fingerprint density at radius 3 is 2.59 bits per heavy atom. The molecular formula is C13H13ClFNO. The molecule has 0 atom stereocenters. The van der Waals surface area contributed by atoms with E-state index in [1.807, 2.05) is 13.8 Å². The van der Waals surface area contributed by atoms with Crippen LogP contribution in [0.15, 0.2) is 17.1 Å². The minimum absolute atomic E-state index is 0.0959. The number of rotatable bonds is 3. The van der Waals surface area contributed by atoms with Gasteiger partial charge in [0, 0.05) is 5.56 Å². The molecule has 17 heavy (non-hydrogen) atoms. The first kappa shape index (κ1) is 12.3. The highest BCUT2D eigenvalue weighted by molar-refractivity contribution is 6.30. The van der Waals surface area contributed by atoms with Crippen LogP contribution >= 0.6 is 11.6 Å². The number of nitrogens with zero attached hydrogens (tertiary/aromatic N) is 1. The summed E-state index contributed by atoms with van der Waals surface area (Å²) in [5.41, 5.74) is 0.677. The summed E-state index contributed by atoms with van der Waals surface area (Å²) in [7, 11) is 0. The summed E-state index contributed by atoms with van der Waals surface area (Å²) in [6.45, 7) is 4.02. The molecule has 0 saturated heterocycles. The fourth-order valence-electron chi connectivity index (χ4n) is 1.93. The number of hydrogen-bond donors (Lipinski definition) is 0. The third-order valence-corrected chi connectivity index (χ3v) is 3.48. The molecule has 1 aliphatic rings. The van der Waals surface area contributed by atoms with Gasteiger partial charge in [0.15, 0.2) is 0 Å². The van der Waals surface area contributed by atoms with Gasteiger partial charge in [-0.15, -0.1) is 0 Å². The van der Waals surface area contributed by atoms with Crippen LogP contribution in [0.5, 0.6) is 0 Å². The maximum atomic E-state index is 14.0. The van der Waals surface area contributed by atoms with Crippen molar-refractivity contribution in [1.29, 1.82) is 0 Å². The predicted octanol–water partition coefficient (Wildman–Crippen LogP) is 3.93. The van der Waals surface area contributed by atoms with E-state index in [2.05, 4.69) is 4.99 Å². The van der Waals surface area contributed by atoms with Gasteiger partial charge < -0.3 is 0 Å². The smallest absolute Gasteiger partial charge is 0.211 e. The molecule has 0 heterocycles. The first-order valence-electron chi connectivity index (χ1n) is 5.58. The first-order chi connectivity index (χ1) is 8.00. The predicted molar refractivity (Wildman–Crippen MR) is 64.5 cm³/mol. The normalized spacial score (nSPS) is 16.8. The number of isocyanates is 1. The van der Waals surface area contributed by atoms with E-state index >= 15 is 0 Å². The molecule has 0 aliphatic heterocycles. The molecule has 0 bridgehead atoms. The molecule has 1 fully saturated rings. The Balaban J connectivity index is 2.57. The summed E-state index contributed by atoms with van der Waals surface area (Å²) in [6.07, 6.45) is 2.88. The SMILES string of the molecule is CC(C)c1cc(Cl)c(F)c(C2(N=C=O)CC2)c1. The summed E-state index contributed by atoms with van der Waals surface area (Å²) in [4.78, 5) is 14.1. The largest absolute Gasteiger partial charge is 0.235 e. The molecule has 1 aromatic carbocycles. The molecule has 1 aromatic rings. The van der Waals surface area contributed by atoms with E-state index in [4.69, 9.17) is 11.6 Å². The van der Waals surface area contributed by atoms with Gasteiger partial charge in [-0.25, -0.2) is 9.18 Å². The quantitative estimate of drug-likeness (QED) is 0.593. The lowest BCUT2D eigenvalue weighted by atomic mass is 9.96. The third-order valence-electron chi connectivity index (χ3n) is 3.20. The highest BCUT2D eigenvalue weighted by Gasteiger charge is 2.47. The van der Waals surface area contributed by atoms with Gasteiger partial charge in [0.1, 0.15) is 11.4 Å². The van der Waals surface area contributed by atoms with Gasteiger partial charge in [0.2, 0.25) is 6.08 Å². The maximum absolute atomic E-state index is 14.0. The second kappa shape index (κ2) is 4.25. The highest BCUT2D eigenvalue weighted by Crippen LogP contribution is 2.51. The van der Waals surface area contributed by atoms with E-state index in [0.717, 1.165) is 5.56 Å². The standard InChI is InChI=1S/C13H13ClFNO/c1-8(2)9-5-10(12(15)11(14)6-9)13(3-4-13)16-7-17/h5-6,8H,3-4H2,1-2H3. The van der Waals surface area contributed by atoms with E-state index in [-0.39, 0.29) is 10.9 Å². The summed E-state index contributed by atoms with van der Waals surface area (Å²) >= 11 is 5.88. The van der Waals surface area contributed by atoms with Crippen LogP contribution in [0, 0.1) is 5.82 Å². The Labute approximate surface area is 105 Å². The minimum Gasteiger partial charge on any atom is -0.211 e. The summed E-state index contributed by atoms with van der Waals surface area (Å²) in [5, 5.41) is 0.0959. The Morgan fingerprint density at radius 2 is 2.12 bits per heavy atom. The third kappa shape index (κ3) is 2.13. The number of benzene rings is 1. The van der Waals surface area contributed by atoms with Crippen LogP contribution in [0.2, 0.25) is 5.02 Å². The second-order valence-corrected chi connectivity index (χ2v) is 5.16. The van der Waals surface area contributed by atoms with E-state index in [1.165, 1.54) is 6.08 Å². The van der Waals surface area contributed by atoms with Crippen LogP contribution in [0.1, 0.15) is 43.7 Å². The van der Waals surface area contributed by atoms with E-state index < -0.39 is 11.4 Å². The monoisotopic (exact) mass is 253 g/mol. The first-order valence-corrected chi connectivity index (χ1v) is 5.96. The van der Waals surface area contributed by atoms with Crippen LogP contribution in [0.4, 0.5) is 4.39 Å². The summed E-state index contributed by atoms with van der Waals surface area (Å²) in [5.74, 6) is -0.213. The Hall–Kier alpha value is -1.18. The van der Waals surface area contributed by atoms with Crippen molar-refractivity contribution in [2.24, 2.45) is 4.99 Å². The lowest BCUT2D eigenvalue weighted by molar-refractivity contribution is 0.547. The van der Waals surface area contributed by atoms with Crippen LogP contribution in [-0.2, 0) is 10.3 Å². The molecular weight excluding hydrogens is 241 g/mol. The van der Waals surface area contributed by atoms with Crippen molar-refractivity contribution in [2.75, 3.05) is 0 Å².